The summed E-state index contributed by atoms with van der Waals surface area (Å²) in [5.41, 5.74) is -0.249. The smallest absolute Gasteiger partial charge is 0.387 e. The van der Waals surface area contributed by atoms with Crippen LogP contribution < -0.4 is 24.8 Å². The lowest BCUT2D eigenvalue weighted by Gasteiger charge is -2.13. The van der Waals surface area contributed by atoms with Gasteiger partial charge >= 0.3 is 12.6 Å². The molecule has 2 rings (SSSR count). The zero-order valence-corrected chi connectivity index (χ0v) is 16.8. The van der Waals surface area contributed by atoms with Crippen LogP contribution in [-0.2, 0) is 10.0 Å². The van der Waals surface area contributed by atoms with Crippen molar-refractivity contribution in [1.82, 2.24) is 10.0 Å². The van der Waals surface area contributed by atoms with Crippen LogP contribution in [-0.4, -0.2) is 46.2 Å². The third-order valence-corrected chi connectivity index (χ3v) is 5.14. The molecule has 0 aromatic heterocycles. The maximum atomic E-state index is 12.5. The van der Waals surface area contributed by atoms with Gasteiger partial charge in [-0.25, -0.2) is 17.9 Å². The van der Waals surface area contributed by atoms with Gasteiger partial charge in [0.15, 0.2) is 11.5 Å². The molecule has 11 nitrogen and oxygen atoms in total. The van der Waals surface area contributed by atoms with Crippen molar-refractivity contribution in [2.45, 2.75) is 11.5 Å². The Kier molecular flexibility index (Phi) is 8.04. The Labute approximate surface area is 175 Å². The number of anilines is 1. The molecule has 0 fully saturated rings. The van der Waals surface area contributed by atoms with Crippen molar-refractivity contribution < 1.29 is 36.4 Å². The van der Waals surface area contributed by atoms with Crippen LogP contribution in [0.25, 0.3) is 0 Å². The highest BCUT2D eigenvalue weighted by Gasteiger charge is 2.17. The van der Waals surface area contributed by atoms with Gasteiger partial charge in [0.1, 0.15) is 0 Å². The first-order chi connectivity index (χ1) is 14.6. The largest absolute Gasteiger partial charge is 0.493 e. The molecule has 0 spiro atoms. The summed E-state index contributed by atoms with van der Waals surface area (Å²) in [6, 6.07) is 7.60. The lowest BCUT2D eigenvalue weighted by Crippen LogP contribution is -2.36. The fourth-order valence-corrected chi connectivity index (χ4v) is 3.40. The number of urea groups is 1. The number of ether oxygens (including phenoxy) is 2. The average Bonchev–Trinajstić information content (AvgIpc) is 2.71. The minimum Gasteiger partial charge on any atom is -0.493 e. The number of carbonyl (C=O) groups excluding carboxylic acids is 1. The molecule has 2 aromatic carbocycles. The maximum absolute atomic E-state index is 12.5. The SMILES string of the molecule is COc1ccc(NC(=O)NCCNS(=O)(=O)c2cccc([N+](=O)[O-])c2)cc1OC(F)F. The molecule has 0 heterocycles. The minimum atomic E-state index is -4.03. The number of hydrogen-bond acceptors (Lipinski definition) is 7. The van der Waals surface area contributed by atoms with Gasteiger partial charge in [-0.2, -0.15) is 8.78 Å². The summed E-state index contributed by atoms with van der Waals surface area (Å²) in [7, 11) is -2.76. The normalized spacial score (nSPS) is 11.1. The van der Waals surface area contributed by atoms with E-state index in [0.29, 0.717) is 0 Å². The van der Waals surface area contributed by atoms with Crippen molar-refractivity contribution in [3.05, 3.63) is 52.6 Å². The Balaban J connectivity index is 1.88. The molecule has 0 saturated carbocycles. The molecule has 3 N–H and O–H groups in total. The molecule has 0 aliphatic rings. The van der Waals surface area contributed by atoms with Crippen molar-refractivity contribution in [3.8, 4) is 11.5 Å². The highest BCUT2D eigenvalue weighted by atomic mass is 32.2. The number of halogens is 2. The van der Waals surface area contributed by atoms with Crippen molar-refractivity contribution >= 4 is 27.4 Å². The van der Waals surface area contributed by atoms with E-state index in [1.165, 1.54) is 31.4 Å². The van der Waals surface area contributed by atoms with Crippen LogP contribution in [0, 0.1) is 10.1 Å². The number of benzene rings is 2. The number of rotatable bonds is 10. The molecule has 0 radical (unpaired) electrons. The van der Waals surface area contributed by atoms with Gasteiger partial charge in [0, 0.05) is 37.0 Å². The first kappa shape index (κ1) is 23.8. The molecule has 0 bridgehead atoms. The molecular weight excluding hydrogens is 442 g/mol. The van der Waals surface area contributed by atoms with Gasteiger partial charge in [-0.1, -0.05) is 6.07 Å². The lowest BCUT2D eigenvalue weighted by molar-refractivity contribution is -0.385. The van der Waals surface area contributed by atoms with E-state index in [9.17, 15) is 32.1 Å². The van der Waals surface area contributed by atoms with Gasteiger partial charge in [0.05, 0.1) is 16.9 Å². The van der Waals surface area contributed by atoms with Crippen LogP contribution in [0.15, 0.2) is 47.4 Å². The summed E-state index contributed by atoms with van der Waals surface area (Å²) in [6.07, 6.45) is 0. The lowest BCUT2D eigenvalue weighted by atomic mass is 10.3. The third kappa shape index (κ3) is 7.04. The average molecular weight is 460 g/mol. The van der Waals surface area contributed by atoms with Gasteiger partial charge in [0.25, 0.3) is 5.69 Å². The molecule has 0 saturated heterocycles. The van der Waals surface area contributed by atoms with E-state index in [1.54, 1.807) is 0 Å². The molecule has 2 amide bonds. The second kappa shape index (κ2) is 10.5. The topological polar surface area (TPSA) is 149 Å². The highest BCUT2D eigenvalue weighted by Crippen LogP contribution is 2.31. The number of non-ortho nitro benzene ring substituents is 1. The standard InChI is InChI=1S/C17H18F2N4O7S/c1-29-14-6-5-11(9-15(14)30-16(18)19)22-17(24)20-7-8-21-31(27,28)13-4-2-3-12(10-13)23(25)26/h2-6,9-10,16,21H,7-8H2,1H3,(H2,20,22,24). The van der Waals surface area contributed by atoms with Gasteiger partial charge in [0.2, 0.25) is 10.0 Å². The maximum Gasteiger partial charge on any atom is 0.387 e. The summed E-state index contributed by atoms with van der Waals surface area (Å²) in [5, 5.41) is 15.5. The number of methoxy groups -OCH3 is 1. The molecule has 14 heteroatoms. The molecular formula is C17H18F2N4O7S. The molecule has 168 valence electrons. The van der Waals surface area contributed by atoms with Crippen LogP contribution in [0.4, 0.5) is 25.0 Å². The summed E-state index contributed by atoms with van der Waals surface area (Å²) >= 11 is 0. The zero-order valence-electron chi connectivity index (χ0n) is 16.0. The van der Waals surface area contributed by atoms with Crippen LogP contribution >= 0.6 is 0 Å². The van der Waals surface area contributed by atoms with Crippen LogP contribution in [0.5, 0.6) is 11.5 Å². The number of sulfonamides is 1. The second-order valence-electron chi connectivity index (χ2n) is 5.78. The van der Waals surface area contributed by atoms with E-state index in [2.05, 4.69) is 20.1 Å². The first-order valence-corrected chi connectivity index (χ1v) is 10.0. The zero-order chi connectivity index (χ0) is 23.0. The summed E-state index contributed by atoms with van der Waals surface area (Å²) in [4.78, 5) is 21.7. The number of nitro groups is 1. The van der Waals surface area contributed by atoms with Crippen molar-refractivity contribution in [2.24, 2.45) is 0 Å². The number of hydrogen-bond donors (Lipinski definition) is 3. The Morgan fingerprint density at radius 2 is 1.90 bits per heavy atom. The minimum absolute atomic E-state index is 0.0433. The quantitative estimate of drug-likeness (QED) is 0.280. The van der Waals surface area contributed by atoms with E-state index in [1.807, 2.05) is 0 Å². The number of nitrogens with one attached hydrogen (secondary N) is 3. The number of amides is 2. The monoisotopic (exact) mass is 460 g/mol. The van der Waals surface area contributed by atoms with Crippen molar-refractivity contribution in [2.75, 3.05) is 25.5 Å². The van der Waals surface area contributed by atoms with Crippen LogP contribution in [0.1, 0.15) is 0 Å². The fraction of sp³-hybridized carbons (Fsp3) is 0.235. The molecule has 0 aliphatic heterocycles. The summed E-state index contributed by atoms with van der Waals surface area (Å²) < 4.78 is 60.6. The molecule has 0 atom stereocenters. The van der Waals surface area contributed by atoms with E-state index in [-0.39, 0.29) is 40.9 Å². The Hall–Kier alpha value is -3.52. The Morgan fingerprint density at radius 3 is 2.55 bits per heavy atom. The number of alkyl halides is 2. The first-order valence-electron chi connectivity index (χ1n) is 8.54. The fourth-order valence-electron chi connectivity index (χ4n) is 2.33. The van der Waals surface area contributed by atoms with Gasteiger partial charge < -0.3 is 20.1 Å². The highest BCUT2D eigenvalue weighted by molar-refractivity contribution is 7.89. The Morgan fingerprint density at radius 1 is 1.16 bits per heavy atom. The molecule has 31 heavy (non-hydrogen) atoms. The van der Waals surface area contributed by atoms with E-state index in [4.69, 9.17) is 4.74 Å². The van der Waals surface area contributed by atoms with E-state index >= 15 is 0 Å². The van der Waals surface area contributed by atoms with Crippen molar-refractivity contribution in [1.29, 1.82) is 0 Å². The van der Waals surface area contributed by atoms with E-state index < -0.39 is 27.6 Å². The van der Waals surface area contributed by atoms with Gasteiger partial charge in [-0.05, 0) is 18.2 Å². The number of nitro benzene ring substituents is 1. The van der Waals surface area contributed by atoms with Crippen LogP contribution in [0.2, 0.25) is 0 Å². The summed E-state index contributed by atoms with van der Waals surface area (Å²) in [6.45, 7) is -3.42. The number of carbonyl (C=O) groups is 1. The Bertz CT molecular complexity index is 1050. The van der Waals surface area contributed by atoms with Gasteiger partial charge in [-0.15, -0.1) is 0 Å². The van der Waals surface area contributed by atoms with Crippen LogP contribution in [0.3, 0.4) is 0 Å². The van der Waals surface area contributed by atoms with E-state index in [0.717, 1.165) is 18.2 Å². The number of nitrogens with zero attached hydrogens (tertiary/aromatic N) is 1. The predicted molar refractivity (Wildman–Crippen MR) is 105 cm³/mol. The molecule has 0 unspecified atom stereocenters. The third-order valence-electron chi connectivity index (χ3n) is 3.68. The van der Waals surface area contributed by atoms with Crippen molar-refractivity contribution in [3.63, 3.8) is 0 Å². The second-order valence-corrected chi connectivity index (χ2v) is 7.54. The summed E-state index contributed by atoms with van der Waals surface area (Å²) in [5.74, 6) is -0.234. The predicted octanol–water partition coefficient (Wildman–Crippen LogP) is 2.30. The van der Waals surface area contributed by atoms with Gasteiger partial charge in [-0.3, -0.25) is 10.1 Å². The molecule has 0 aliphatic carbocycles. The molecule has 2 aromatic rings.